The van der Waals surface area contributed by atoms with Crippen molar-refractivity contribution in [3.05, 3.63) is 48.6 Å². The predicted octanol–water partition coefficient (Wildman–Crippen LogP) is 3.31. The zero-order valence-electron chi connectivity index (χ0n) is 8.07. The van der Waals surface area contributed by atoms with E-state index in [1.54, 1.807) is 0 Å². The van der Waals surface area contributed by atoms with Gasteiger partial charge in [-0.15, -0.1) is 6.58 Å². The highest BCUT2D eigenvalue weighted by molar-refractivity contribution is 9.09. The Morgan fingerprint density at radius 2 is 2.00 bits per heavy atom. The predicted molar refractivity (Wildman–Crippen MR) is 63.5 cm³/mol. The van der Waals surface area contributed by atoms with E-state index in [1.807, 2.05) is 36.4 Å². The third kappa shape index (κ3) is 2.96. The van der Waals surface area contributed by atoms with Crippen LogP contribution in [0.3, 0.4) is 0 Å². The summed E-state index contributed by atoms with van der Waals surface area (Å²) < 4.78 is 0. The number of rotatable bonds is 5. The minimum atomic E-state index is -0.439. The molecule has 0 bridgehead atoms. The van der Waals surface area contributed by atoms with Crippen molar-refractivity contribution in [1.29, 1.82) is 0 Å². The zero-order chi connectivity index (χ0) is 10.4. The molecule has 0 heterocycles. The summed E-state index contributed by atoms with van der Waals surface area (Å²) in [5.74, 6) is 0.122. The van der Waals surface area contributed by atoms with Gasteiger partial charge in [-0.05, 0) is 12.0 Å². The maximum Gasteiger partial charge on any atom is 0.0852 e. The van der Waals surface area contributed by atoms with Crippen molar-refractivity contribution in [3.63, 3.8) is 0 Å². The fraction of sp³-hybridized carbons (Fsp3) is 0.333. The highest BCUT2D eigenvalue weighted by Gasteiger charge is 2.16. The summed E-state index contributed by atoms with van der Waals surface area (Å²) in [5.41, 5.74) is 0.957. The van der Waals surface area contributed by atoms with Crippen LogP contribution in [0.5, 0.6) is 0 Å². The molecule has 76 valence electrons. The number of halogens is 1. The molecule has 0 saturated carbocycles. The first-order valence-electron chi connectivity index (χ1n) is 4.71. The average molecular weight is 255 g/mol. The molecule has 1 aromatic carbocycles. The Kier molecular flexibility index (Phi) is 4.91. The Morgan fingerprint density at radius 3 is 2.50 bits per heavy atom. The largest absolute Gasteiger partial charge is 0.388 e. The Bertz CT molecular complexity index is 271. The Morgan fingerprint density at radius 1 is 1.36 bits per heavy atom. The molecule has 0 unspecified atom stereocenters. The first-order valence-corrected chi connectivity index (χ1v) is 5.83. The molecule has 2 heteroatoms. The number of alkyl halides is 1. The maximum atomic E-state index is 10.0. The van der Waals surface area contributed by atoms with Gasteiger partial charge in [-0.25, -0.2) is 0 Å². The minimum Gasteiger partial charge on any atom is -0.388 e. The van der Waals surface area contributed by atoms with Gasteiger partial charge in [-0.2, -0.15) is 0 Å². The van der Waals surface area contributed by atoms with Gasteiger partial charge < -0.3 is 5.11 Å². The second kappa shape index (κ2) is 5.99. The van der Waals surface area contributed by atoms with E-state index < -0.39 is 6.10 Å². The van der Waals surface area contributed by atoms with E-state index in [0.717, 1.165) is 17.3 Å². The molecule has 0 aliphatic rings. The van der Waals surface area contributed by atoms with Gasteiger partial charge in [0.25, 0.3) is 0 Å². The van der Waals surface area contributed by atoms with Crippen molar-refractivity contribution in [1.82, 2.24) is 0 Å². The Hall–Kier alpha value is -0.600. The van der Waals surface area contributed by atoms with Gasteiger partial charge in [0, 0.05) is 11.2 Å². The molecule has 2 atom stereocenters. The molecule has 0 fully saturated rings. The number of hydrogen-bond donors (Lipinski definition) is 1. The number of aliphatic hydroxyl groups excluding tert-OH is 1. The number of aliphatic hydroxyl groups is 1. The quantitative estimate of drug-likeness (QED) is 0.632. The standard InChI is InChI=1S/C12H15BrO/c1-2-10(8-9-13)12(14)11-6-4-3-5-7-11/h2-7,10,12,14H,1,8-9H2/t10-,12+/m0/s1. The molecule has 14 heavy (non-hydrogen) atoms. The summed E-state index contributed by atoms with van der Waals surface area (Å²) in [5, 5.41) is 10.9. The molecule has 0 aliphatic heterocycles. The Labute approximate surface area is 93.6 Å². The van der Waals surface area contributed by atoms with Crippen LogP contribution in [0, 0.1) is 5.92 Å². The maximum absolute atomic E-state index is 10.0. The molecule has 0 aliphatic carbocycles. The van der Waals surface area contributed by atoms with Gasteiger partial charge in [0.2, 0.25) is 0 Å². The smallest absolute Gasteiger partial charge is 0.0852 e. The van der Waals surface area contributed by atoms with Crippen LogP contribution >= 0.6 is 15.9 Å². The van der Waals surface area contributed by atoms with Gasteiger partial charge in [0.1, 0.15) is 0 Å². The lowest BCUT2D eigenvalue weighted by atomic mass is 9.94. The summed E-state index contributed by atoms with van der Waals surface area (Å²) >= 11 is 3.37. The molecular weight excluding hydrogens is 240 g/mol. The summed E-state index contributed by atoms with van der Waals surface area (Å²) in [6.45, 7) is 3.75. The van der Waals surface area contributed by atoms with Crippen LogP contribution in [-0.4, -0.2) is 10.4 Å². The van der Waals surface area contributed by atoms with Gasteiger partial charge in [0.15, 0.2) is 0 Å². The van der Waals surface area contributed by atoms with E-state index >= 15 is 0 Å². The SMILES string of the molecule is C=C[C@@H](CCBr)[C@@H](O)c1ccccc1. The molecule has 0 aromatic heterocycles. The Balaban J connectivity index is 2.72. The van der Waals surface area contributed by atoms with E-state index in [-0.39, 0.29) is 5.92 Å². The van der Waals surface area contributed by atoms with E-state index in [0.29, 0.717) is 0 Å². The third-order valence-corrected chi connectivity index (χ3v) is 2.75. The molecular formula is C12H15BrO. The van der Waals surface area contributed by atoms with Crippen molar-refractivity contribution in [3.8, 4) is 0 Å². The summed E-state index contributed by atoms with van der Waals surface area (Å²) in [6, 6.07) is 9.70. The van der Waals surface area contributed by atoms with Crippen LogP contribution < -0.4 is 0 Å². The van der Waals surface area contributed by atoms with E-state index in [1.165, 1.54) is 0 Å². The van der Waals surface area contributed by atoms with Crippen LogP contribution in [0.4, 0.5) is 0 Å². The highest BCUT2D eigenvalue weighted by atomic mass is 79.9. The molecule has 0 radical (unpaired) electrons. The van der Waals surface area contributed by atoms with E-state index in [9.17, 15) is 5.11 Å². The monoisotopic (exact) mass is 254 g/mol. The van der Waals surface area contributed by atoms with Crippen molar-refractivity contribution in [2.24, 2.45) is 5.92 Å². The lowest BCUT2D eigenvalue weighted by Crippen LogP contribution is -2.10. The van der Waals surface area contributed by atoms with Gasteiger partial charge >= 0.3 is 0 Å². The highest BCUT2D eigenvalue weighted by Crippen LogP contribution is 2.25. The molecule has 1 nitrogen and oxygen atoms in total. The number of hydrogen-bond acceptors (Lipinski definition) is 1. The van der Waals surface area contributed by atoms with Crippen molar-refractivity contribution in [2.75, 3.05) is 5.33 Å². The summed E-state index contributed by atoms with van der Waals surface area (Å²) in [4.78, 5) is 0. The number of benzene rings is 1. The fourth-order valence-corrected chi connectivity index (χ4v) is 1.96. The van der Waals surface area contributed by atoms with Crippen LogP contribution in [0.2, 0.25) is 0 Å². The van der Waals surface area contributed by atoms with Crippen LogP contribution in [0.1, 0.15) is 18.1 Å². The molecule has 1 aromatic rings. The van der Waals surface area contributed by atoms with Crippen molar-refractivity contribution in [2.45, 2.75) is 12.5 Å². The minimum absolute atomic E-state index is 0.122. The summed E-state index contributed by atoms with van der Waals surface area (Å²) in [7, 11) is 0. The molecule has 1 rings (SSSR count). The van der Waals surface area contributed by atoms with Crippen LogP contribution in [0.15, 0.2) is 43.0 Å². The first kappa shape index (κ1) is 11.5. The summed E-state index contributed by atoms with van der Waals surface area (Å²) in [6.07, 6.45) is 2.28. The fourth-order valence-electron chi connectivity index (χ4n) is 1.43. The second-order valence-electron chi connectivity index (χ2n) is 3.23. The average Bonchev–Trinajstić information content (AvgIpc) is 2.26. The van der Waals surface area contributed by atoms with Crippen LogP contribution in [0.25, 0.3) is 0 Å². The van der Waals surface area contributed by atoms with E-state index in [4.69, 9.17) is 0 Å². The van der Waals surface area contributed by atoms with Gasteiger partial charge in [-0.1, -0.05) is 52.3 Å². The second-order valence-corrected chi connectivity index (χ2v) is 4.03. The molecule has 0 saturated heterocycles. The van der Waals surface area contributed by atoms with Crippen molar-refractivity contribution >= 4 is 15.9 Å². The topological polar surface area (TPSA) is 20.2 Å². The normalized spacial score (nSPS) is 14.7. The van der Waals surface area contributed by atoms with Gasteiger partial charge in [0.05, 0.1) is 6.10 Å². The molecule has 0 amide bonds. The lowest BCUT2D eigenvalue weighted by molar-refractivity contribution is 0.130. The van der Waals surface area contributed by atoms with Gasteiger partial charge in [-0.3, -0.25) is 0 Å². The third-order valence-electron chi connectivity index (χ3n) is 2.29. The molecule has 1 N–H and O–H groups in total. The van der Waals surface area contributed by atoms with Crippen LogP contribution in [-0.2, 0) is 0 Å². The molecule has 0 spiro atoms. The van der Waals surface area contributed by atoms with E-state index in [2.05, 4.69) is 22.5 Å². The lowest BCUT2D eigenvalue weighted by Gasteiger charge is -2.18. The first-order chi connectivity index (χ1) is 6.79. The zero-order valence-corrected chi connectivity index (χ0v) is 9.65. The van der Waals surface area contributed by atoms with Crippen molar-refractivity contribution < 1.29 is 5.11 Å².